The Labute approximate surface area is 163 Å². The minimum absolute atomic E-state index is 0.157. The highest BCUT2D eigenvalue weighted by molar-refractivity contribution is 5.99. The van der Waals surface area contributed by atoms with Crippen LogP contribution in [-0.2, 0) is 16.1 Å². The molecular formula is C22H22N2O4. The molecule has 0 spiro atoms. The van der Waals surface area contributed by atoms with E-state index in [1.807, 2.05) is 24.3 Å². The Kier molecular flexibility index (Phi) is 6.22. The van der Waals surface area contributed by atoms with Crippen LogP contribution in [0.15, 0.2) is 60.7 Å². The number of carbonyl (C=O) groups excluding carboxylic acids is 3. The fraction of sp³-hybridized carbons (Fsp3) is 0.227. The molecule has 2 aromatic rings. The molecule has 1 saturated carbocycles. The molecule has 0 aliphatic heterocycles. The predicted octanol–water partition coefficient (Wildman–Crippen LogP) is 3.45. The lowest BCUT2D eigenvalue weighted by molar-refractivity contribution is -0.131. The van der Waals surface area contributed by atoms with Gasteiger partial charge < -0.3 is 15.4 Å². The summed E-state index contributed by atoms with van der Waals surface area (Å²) in [5.41, 5.74) is 1.93. The summed E-state index contributed by atoms with van der Waals surface area (Å²) >= 11 is 0. The third-order valence-electron chi connectivity index (χ3n) is 4.15. The molecule has 1 fully saturated rings. The van der Waals surface area contributed by atoms with Crippen LogP contribution in [0.4, 0.5) is 5.69 Å². The van der Waals surface area contributed by atoms with E-state index in [9.17, 15) is 14.4 Å². The van der Waals surface area contributed by atoms with Crippen LogP contribution < -0.4 is 15.4 Å². The molecule has 1 aliphatic carbocycles. The van der Waals surface area contributed by atoms with Crippen molar-refractivity contribution in [1.29, 1.82) is 0 Å². The molecule has 0 aromatic heterocycles. The second kappa shape index (κ2) is 8.99. The fourth-order valence-electron chi connectivity index (χ4n) is 2.61. The van der Waals surface area contributed by atoms with Crippen LogP contribution in [0.5, 0.6) is 5.75 Å². The average Bonchev–Trinajstić information content (AvgIpc) is 3.49. The number of hydrogen-bond acceptors (Lipinski definition) is 4. The molecule has 144 valence electrons. The quantitative estimate of drug-likeness (QED) is 0.439. The van der Waals surface area contributed by atoms with Crippen molar-refractivity contribution < 1.29 is 19.1 Å². The summed E-state index contributed by atoms with van der Waals surface area (Å²) in [4.78, 5) is 35.3. The van der Waals surface area contributed by atoms with E-state index in [1.165, 1.54) is 13.0 Å². The first-order valence-electron chi connectivity index (χ1n) is 9.14. The lowest BCUT2D eigenvalue weighted by Crippen LogP contribution is -2.23. The summed E-state index contributed by atoms with van der Waals surface area (Å²) in [5.74, 6) is -0.00895. The van der Waals surface area contributed by atoms with E-state index in [4.69, 9.17) is 4.74 Å². The van der Waals surface area contributed by atoms with Gasteiger partial charge in [0.15, 0.2) is 0 Å². The van der Waals surface area contributed by atoms with Gasteiger partial charge in [0.2, 0.25) is 5.91 Å². The molecule has 6 nitrogen and oxygen atoms in total. The van der Waals surface area contributed by atoms with Gasteiger partial charge in [-0.15, -0.1) is 0 Å². The SMILES string of the molecule is CC(=O)Oc1cccc(C(=O)NCc2cccc(NC(=O)/C=C/C3CC3)c2)c1. The van der Waals surface area contributed by atoms with Crippen molar-refractivity contribution in [2.45, 2.75) is 26.3 Å². The molecule has 0 radical (unpaired) electrons. The number of esters is 1. The summed E-state index contributed by atoms with van der Waals surface area (Å²) in [6, 6.07) is 13.7. The van der Waals surface area contributed by atoms with Gasteiger partial charge in [0.1, 0.15) is 5.75 Å². The molecule has 2 aromatic carbocycles. The number of carbonyl (C=O) groups is 3. The van der Waals surface area contributed by atoms with Crippen molar-refractivity contribution in [2.24, 2.45) is 5.92 Å². The number of benzene rings is 2. The highest BCUT2D eigenvalue weighted by atomic mass is 16.5. The third-order valence-corrected chi connectivity index (χ3v) is 4.15. The van der Waals surface area contributed by atoms with Crippen molar-refractivity contribution in [2.75, 3.05) is 5.32 Å². The van der Waals surface area contributed by atoms with E-state index in [0.29, 0.717) is 29.5 Å². The lowest BCUT2D eigenvalue weighted by Gasteiger charge is -2.09. The van der Waals surface area contributed by atoms with Gasteiger partial charge in [-0.1, -0.05) is 24.3 Å². The van der Waals surface area contributed by atoms with E-state index < -0.39 is 5.97 Å². The second-order valence-electron chi connectivity index (χ2n) is 6.69. The lowest BCUT2D eigenvalue weighted by atomic mass is 10.1. The smallest absolute Gasteiger partial charge is 0.308 e. The van der Waals surface area contributed by atoms with Gasteiger partial charge in [-0.05, 0) is 60.7 Å². The number of nitrogens with one attached hydrogen (secondary N) is 2. The molecule has 0 atom stereocenters. The van der Waals surface area contributed by atoms with Gasteiger partial charge in [-0.3, -0.25) is 14.4 Å². The second-order valence-corrected chi connectivity index (χ2v) is 6.69. The Morgan fingerprint density at radius 1 is 1.11 bits per heavy atom. The maximum atomic E-state index is 12.3. The van der Waals surface area contributed by atoms with Gasteiger partial charge >= 0.3 is 5.97 Å². The van der Waals surface area contributed by atoms with Crippen LogP contribution in [0.25, 0.3) is 0 Å². The molecule has 28 heavy (non-hydrogen) atoms. The standard InChI is InChI=1S/C22H22N2O4/c1-15(25)28-20-7-3-5-18(13-20)22(27)23-14-17-4-2-6-19(12-17)24-21(26)11-10-16-8-9-16/h2-7,10-13,16H,8-9,14H2,1H3,(H,23,27)(H,24,26)/b11-10+. The molecule has 0 unspecified atom stereocenters. The molecule has 1 aliphatic rings. The first kappa shape index (κ1) is 19.4. The molecule has 0 heterocycles. The fourth-order valence-corrected chi connectivity index (χ4v) is 2.61. The van der Waals surface area contributed by atoms with Gasteiger partial charge in [-0.25, -0.2) is 0 Å². The summed E-state index contributed by atoms with van der Waals surface area (Å²) < 4.78 is 4.99. The number of rotatable bonds is 7. The Balaban J connectivity index is 1.56. The van der Waals surface area contributed by atoms with E-state index in [-0.39, 0.29) is 11.8 Å². The first-order chi connectivity index (χ1) is 13.5. The van der Waals surface area contributed by atoms with Crippen LogP contribution in [-0.4, -0.2) is 17.8 Å². The van der Waals surface area contributed by atoms with E-state index in [0.717, 1.165) is 18.4 Å². The van der Waals surface area contributed by atoms with Crippen LogP contribution >= 0.6 is 0 Å². The third kappa shape index (κ3) is 6.09. The maximum Gasteiger partial charge on any atom is 0.308 e. The van der Waals surface area contributed by atoms with E-state index in [1.54, 1.807) is 30.3 Å². The number of ether oxygens (including phenoxy) is 1. The van der Waals surface area contributed by atoms with Crippen molar-refractivity contribution in [3.05, 3.63) is 71.8 Å². The Hall–Kier alpha value is -3.41. The predicted molar refractivity (Wildman–Crippen MR) is 106 cm³/mol. The van der Waals surface area contributed by atoms with Gasteiger partial charge in [0.25, 0.3) is 5.91 Å². The minimum atomic E-state index is -0.441. The molecule has 2 amide bonds. The minimum Gasteiger partial charge on any atom is -0.427 e. The number of hydrogen-bond donors (Lipinski definition) is 2. The molecule has 3 rings (SSSR count). The monoisotopic (exact) mass is 378 g/mol. The zero-order chi connectivity index (χ0) is 19.9. The molecule has 2 N–H and O–H groups in total. The van der Waals surface area contributed by atoms with Gasteiger partial charge in [0.05, 0.1) is 0 Å². The number of anilines is 1. The Bertz CT molecular complexity index is 916. The summed E-state index contributed by atoms with van der Waals surface area (Å²) in [6.07, 6.45) is 5.82. The van der Waals surface area contributed by atoms with Gasteiger partial charge in [0, 0.05) is 24.7 Å². The summed E-state index contributed by atoms with van der Waals surface area (Å²) in [5, 5.41) is 5.64. The van der Waals surface area contributed by atoms with E-state index in [2.05, 4.69) is 10.6 Å². The van der Waals surface area contributed by atoms with Crippen LogP contribution in [0, 0.1) is 5.92 Å². The van der Waals surface area contributed by atoms with E-state index >= 15 is 0 Å². The zero-order valence-corrected chi connectivity index (χ0v) is 15.6. The molecular weight excluding hydrogens is 356 g/mol. The Morgan fingerprint density at radius 2 is 1.89 bits per heavy atom. The molecule has 0 bridgehead atoms. The van der Waals surface area contributed by atoms with Crippen LogP contribution in [0.2, 0.25) is 0 Å². The van der Waals surface area contributed by atoms with Crippen LogP contribution in [0.3, 0.4) is 0 Å². The Morgan fingerprint density at radius 3 is 2.64 bits per heavy atom. The highest BCUT2D eigenvalue weighted by Crippen LogP contribution is 2.29. The van der Waals surface area contributed by atoms with Crippen molar-refractivity contribution in [3.8, 4) is 5.75 Å². The molecule has 6 heteroatoms. The van der Waals surface area contributed by atoms with Crippen molar-refractivity contribution in [3.63, 3.8) is 0 Å². The van der Waals surface area contributed by atoms with Crippen molar-refractivity contribution >= 4 is 23.5 Å². The summed E-state index contributed by atoms with van der Waals surface area (Å²) in [7, 11) is 0. The summed E-state index contributed by atoms with van der Waals surface area (Å²) in [6.45, 7) is 1.61. The van der Waals surface area contributed by atoms with Crippen LogP contribution in [0.1, 0.15) is 35.7 Å². The number of amides is 2. The van der Waals surface area contributed by atoms with Crippen molar-refractivity contribution in [1.82, 2.24) is 5.32 Å². The van der Waals surface area contributed by atoms with Gasteiger partial charge in [-0.2, -0.15) is 0 Å². The zero-order valence-electron chi connectivity index (χ0n) is 15.6. The number of allylic oxidation sites excluding steroid dienone is 1. The molecule has 0 saturated heterocycles. The normalized spacial score (nSPS) is 13.2. The largest absolute Gasteiger partial charge is 0.427 e. The maximum absolute atomic E-state index is 12.3. The first-order valence-corrected chi connectivity index (χ1v) is 9.14. The topological polar surface area (TPSA) is 84.5 Å². The highest BCUT2D eigenvalue weighted by Gasteiger charge is 2.17. The average molecular weight is 378 g/mol.